The Hall–Kier alpha value is -2.81. The van der Waals surface area contributed by atoms with Gasteiger partial charge in [0.2, 0.25) is 0 Å². The summed E-state index contributed by atoms with van der Waals surface area (Å²) in [6.07, 6.45) is 7.11. The van der Waals surface area contributed by atoms with Gasteiger partial charge in [0.15, 0.2) is 0 Å². The van der Waals surface area contributed by atoms with Gasteiger partial charge in [-0.3, -0.25) is 4.99 Å². The van der Waals surface area contributed by atoms with Crippen LogP contribution in [0.1, 0.15) is 5.56 Å². The van der Waals surface area contributed by atoms with Crippen molar-refractivity contribution in [2.75, 3.05) is 0 Å². The summed E-state index contributed by atoms with van der Waals surface area (Å²) < 4.78 is 5.26. The predicted molar refractivity (Wildman–Crippen MR) is 84.9 cm³/mol. The van der Waals surface area contributed by atoms with Crippen molar-refractivity contribution in [2.24, 2.45) is 4.99 Å². The number of para-hydroxylation sites is 1. The number of nitrogens with zero attached hydrogens (tertiary/aromatic N) is 2. The van der Waals surface area contributed by atoms with Crippen molar-refractivity contribution in [3.05, 3.63) is 90.6 Å². The van der Waals surface area contributed by atoms with Crippen molar-refractivity contribution in [2.45, 2.75) is 6.54 Å². The molecule has 3 heteroatoms. The Morgan fingerprint density at radius 2 is 1.67 bits per heavy atom. The first-order valence-corrected chi connectivity index (χ1v) is 6.84. The van der Waals surface area contributed by atoms with Gasteiger partial charge in [-0.25, -0.2) is 0 Å². The lowest BCUT2D eigenvalue weighted by Crippen LogP contribution is -2.19. The Labute approximate surface area is 124 Å². The van der Waals surface area contributed by atoms with Crippen LogP contribution in [0.4, 0.5) is 5.69 Å². The molecule has 21 heavy (non-hydrogen) atoms. The van der Waals surface area contributed by atoms with Gasteiger partial charge in [0.05, 0.1) is 17.6 Å². The fourth-order valence-electron chi connectivity index (χ4n) is 2.05. The van der Waals surface area contributed by atoms with Gasteiger partial charge >= 0.3 is 0 Å². The van der Waals surface area contributed by atoms with Crippen LogP contribution in [-0.2, 0) is 11.3 Å². The maximum atomic E-state index is 5.26. The van der Waals surface area contributed by atoms with E-state index in [1.54, 1.807) is 12.5 Å². The van der Waals surface area contributed by atoms with Crippen LogP contribution in [0.2, 0.25) is 0 Å². The molecule has 1 aliphatic rings. The minimum Gasteiger partial charge on any atom is -0.469 e. The molecule has 0 radical (unpaired) electrons. The molecule has 2 aromatic carbocycles. The largest absolute Gasteiger partial charge is 0.469 e. The van der Waals surface area contributed by atoms with Crippen LogP contribution in [0, 0.1) is 0 Å². The number of rotatable bonds is 4. The third-order valence-electron chi connectivity index (χ3n) is 3.14. The van der Waals surface area contributed by atoms with E-state index in [-0.39, 0.29) is 0 Å². The molecule has 0 fully saturated rings. The van der Waals surface area contributed by atoms with Crippen LogP contribution in [0.15, 0.2) is 90.1 Å². The molecular weight excluding hydrogens is 260 g/mol. The number of allylic oxidation sites excluding steroid dienone is 1. The quantitative estimate of drug-likeness (QED) is 0.780. The highest BCUT2D eigenvalue weighted by molar-refractivity contribution is 5.80. The van der Waals surface area contributed by atoms with E-state index in [4.69, 9.17) is 4.74 Å². The molecule has 0 spiro atoms. The normalized spacial score (nSPS) is 14.1. The number of benzene rings is 2. The third kappa shape index (κ3) is 3.60. The predicted octanol–water partition coefficient (Wildman–Crippen LogP) is 4.23. The lowest BCUT2D eigenvalue weighted by Gasteiger charge is -2.23. The molecule has 0 saturated heterocycles. The molecule has 1 heterocycles. The topological polar surface area (TPSA) is 24.8 Å². The van der Waals surface area contributed by atoms with Gasteiger partial charge in [-0.05, 0) is 17.7 Å². The number of hydrogen-bond acceptors (Lipinski definition) is 3. The molecule has 0 atom stereocenters. The van der Waals surface area contributed by atoms with Crippen molar-refractivity contribution in [3.63, 3.8) is 0 Å². The standard InChI is InChI=1S/C18H16N2O/c1-3-7-16(8-4-1)14-20-11-12-21-15-18(20)13-19-17-9-5-2-6-10-17/h1-13,15H,14H2. The summed E-state index contributed by atoms with van der Waals surface area (Å²) in [6, 6.07) is 20.2. The van der Waals surface area contributed by atoms with Crippen molar-refractivity contribution < 1.29 is 4.74 Å². The van der Waals surface area contributed by atoms with Gasteiger partial charge in [0.25, 0.3) is 0 Å². The molecule has 0 unspecified atom stereocenters. The van der Waals surface area contributed by atoms with Crippen LogP contribution in [0.5, 0.6) is 0 Å². The molecule has 3 rings (SSSR count). The van der Waals surface area contributed by atoms with Crippen LogP contribution in [0.3, 0.4) is 0 Å². The Balaban J connectivity index is 1.74. The molecule has 0 N–H and O–H groups in total. The van der Waals surface area contributed by atoms with E-state index in [9.17, 15) is 0 Å². The molecule has 1 aliphatic heterocycles. The number of hydrogen-bond donors (Lipinski definition) is 0. The number of ether oxygens (including phenoxy) is 1. The Morgan fingerprint density at radius 3 is 2.43 bits per heavy atom. The zero-order chi connectivity index (χ0) is 14.3. The first kappa shape index (κ1) is 13.2. The van der Waals surface area contributed by atoms with Gasteiger partial charge in [-0.2, -0.15) is 0 Å². The smallest absolute Gasteiger partial charge is 0.115 e. The van der Waals surface area contributed by atoms with Gasteiger partial charge in [0, 0.05) is 12.7 Å². The highest BCUT2D eigenvalue weighted by Crippen LogP contribution is 2.16. The first-order chi connectivity index (χ1) is 10.4. The highest BCUT2D eigenvalue weighted by Gasteiger charge is 2.09. The summed E-state index contributed by atoms with van der Waals surface area (Å²) in [5.74, 6) is 0. The monoisotopic (exact) mass is 276 g/mol. The molecule has 0 saturated carbocycles. The first-order valence-electron chi connectivity index (χ1n) is 6.84. The second kappa shape index (κ2) is 6.57. The Kier molecular flexibility index (Phi) is 4.12. The summed E-state index contributed by atoms with van der Waals surface area (Å²) in [7, 11) is 0. The summed E-state index contributed by atoms with van der Waals surface area (Å²) in [5, 5.41) is 0. The van der Waals surface area contributed by atoms with E-state index in [2.05, 4.69) is 22.0 Å². The van der Waals surface area contributed by atoms with E-state index in [0.29, 0.717) is 0 Å². The van der Waals surface area contributed by atoms with E-state index >= 15 is 0 Å². The lowest BCUT2D eigenvalue weighted by molar-refractivity contribution is 0.333. The van der Waals surface area contributed by atoms with Gasteiger partial charge in [0.1, 0.15) is 12.5 Å². The fourth-order valence-corrected chi connectivity index (χ4v) is 2.05. The van der Waals surface area contributed by atoms with Gasteiger partial charge < -0.3 is 9.64 Å². The maximum absolute atomic E-state index is 5.26. The van der Waals surface area contributed by atoms with Crippen LogP contribution >= 0.6 is 0 Å². The van der Waals surface area contributed by atoms with E-state index in [1.165, 1.54) is 5.56 Å². The second-order valence-corrected chi connectivity index (χ2v) is 4.67. The highest BCUT2D eigenvalue weighted by atomic mass is 16.5. The molecule has 0 bridgehead atoms. The van der Waals surface area contributed by atoms with Crippen molar-refractivity contribution in [1.29, 1.82) is 0 Å². The average molecular weight is 276 g/mol. The van der Waals surface area contributed by atoms with Crippen molar-refractivity contribution in [1.82, 2.24) is 4.90 Å². The minimum atomic E-state index is 0.785. The molecule has 3 nitrogen and oxygen atoms in total. The Morgan fingerprint density at radius 1 is 0.952 bits per heavy atom. The molecule has 0 amide bonds. The number of aliphatic imine (C=N–C) groups is 1. The van der Waals surface area contributed by atoms with E-state index in [1.807, 2.05) is 60.9 Å². The fraction of sp³-hybridized carbons (Fsp3) is 0.0556. The van der Waals surface area contributed by atoms with Gasteiger partial charge in [-0.15, -0.1) is 0 Å². The summed E-state index contributed by atoms with van der Waals surface area (Å²) in [5.41, 5.74) is 3.08. The summed E-state index contributed by atoms with van der Waals surface area (Å²) >= 11 is 0. The third-order valence-corrected chi connectivity index (χ3v) is 3.14. The lowest BCUT2D eigenvalue weighted by atomic mass is 10.2. The maximum Gasteiger partial charge on any atom is 0.115 e. The van der Waals surface area contributed by atoms with Crippen molar-refractivity contribution >= 4 is 11.9 Å². The summed E-state index contributed by atoms with van der Waals surface area (Å²) in [4.78, 5) is 6.58. The molecule has 104 valence electrons. The van der Waals surface area contributed by atoms with Crippen LogP contribution in [-0.4, -0.2) is 11.1 Å². The zero-order valence-electron chi connectivity index (χ0n) is 11.6. The molecular formula is C18H16N2O. The molecule has 0 aromatic heterocycles. The van der Waals surface area contributed by atoms with Crippen LogP contribution < -0.4 is 0 Å². The Bertz CT molecular complexity index is 660. The second-order valence-electron chi connectivity index (χ2n) is 4.67. The molecule has 0 aliphatic carbocycles. The van der Waals surface area contributed by atoms with Crippen molar-refractivity contribution in [3.8, 4) is 0 Å². The average Bonchev–Trinajstić information content (AvgIpc) is 2.56. The zero-order valence-corrected chi connectivity index (χ0v) is 11.6. The van der Waals surface area contributed by atoms with E-state index in [0.717, 1.165) is 17.9 Å². The minimum absolute atomic E-state index is 0.785. The summed E-state index contributed by atoms with van der Waals surface area (Å²) in [6.45, 7) is 0.785. The van der Waals surface area contributed by atoms with Crippen LogP contribution in [0.25, 0.3) is 0 Å². The SMILES string of the molecule is C1=CN(Cc2ccccc2)C(C=Nc2ccccc2)=CO1. The van der Waals surface area contributed by atoms with Gasteiger partial charge in [-0.1, -0.05) is 48.5 Å². The molecule has 2 aromatic rings. The van der Waals surface area contributed by atoms with E-state index < -0.39 is 0 Å².